The smallest absolute Gasteiger partial charge is 0.326 e. The van der Waals surface area contributed by atoms with Crippen LogP contribution in [0.3, 0.4) is 0 Å². The molecule has 1 unspecified atom stereocenters. The summed E-state index contributed by atoms with van der Waals surface area (Å²) in [6.45, 7) is 0.691. The molecule has 4 N–H and O–H groups in total. The number of nitrogens with two attached hydrogens (primary N) is 1. The molecule has 1 aliphatic carbocycles. The van der Waals surface area contributed by atoms with Crippen molar-refractivity contribution in [3.05, 3.63) is 6.07 Å². The van der Waals surface area contributed by atoms with Gasteiger partial charge in [-0.2, -0.15) is 9.97 Å². The first-order valence-electron chi connectivity index (χ1n) is 6.54. The van der Waals surface area contributed by atoms with E-state index < -0.39 is 12.0 Å². The molecule has 1 saturated heterocycles. The van der Waals surface area contributed by atoms with E-state index in [1.165, 1.54) is 0 Å². The molecule has 2 fully saturated rings. The molecule has 1 aromatic rings. The predicted molar refractivity (Wildman–Crippen MR) is 71.1 cm³/mol. The molecule has 2 heterocycles. The summed E-state index contributed by atoms with van der Waals surface area (Å²) in [6, 6.07) is 1.75. The normalized spacial score (nSPS) is 22.5. The molecule has 3 rings (SSSR count). The van der Waals surface area contributed by atoms with Gasteiger partial charge < -0.3 is 21.1 Å². The Morgan fingerprint density at radius 2 is 2.21 bits per heavy atom. The average Bonchev–Trinajstić information content (AvgIpc) is 3.02. The second kappa shape index (κ2) is 4.56. The van der Waals surface area contributed by atoms with E-state index in [2.05, 4.69) is 15.3 Å². The van der Waals surface area contributed by atoms with Gasteiger partial charge in [0.15, 0.2) is 0 Å². The topological polar surface area (TPSA) is 104 Å². The van der Waals surface area contributed by atoms with E-state index in [1.54, 1.807) is 11.0 Å². The van der Waals surface area contributed by atoms with Gasteiger partial charge in [-0.05, 0) is 25.7 Å². The lowest BCUT2D eigenvalue weighted by Gasteiger charge is -2.23. The van der Waals surface area contributed by atoms with Crippen LogP contribution in [0.2, 0.25) is 0 Å². The highest BCUT2D eigenvalue weighted by molar-refractivity contribution is 5.78. The van der Waals surface area contributed by atoms with Gasteiger partial charge >= 0.3 is 5.97 Å². The molecule has 1 atom stereocenters. The van der Waals surface area contributed by atoms with E-state index in [9.17, 15) is 9.90 Å². The lowest BCUT2D eigenvalue weighted by molar-refractivity contribution is -0.138. The fourth-order valence-electron chi connectivity index (χ4n) is 2.41. The Balaban J connectivity index is 1.86. The standard InChI is InChI=1S/C12H17N5O2/c13-12-15-9(14-7-3-4-7)6-10(16-12)17-5-1-2-8(17)11(18)19/h6-8H,1-5H2,(H,18,19)(H3,13,14,15,16). The number of nitrogens with one attached hydrogen (secondary N) is 1. The number of anilines is 3. The second-order valence-electron chi connectivity index (χ2n) is 5.08. The molecule has 1 aliphatic heterocycles. The Bertz CT molecular complexity index is 503. The molecule has 0 aromatic carbocycles. The number of rotatable bonds is 4. The number of hydrogen-bond acceptors (Lipinski definition) is 6. The summed E-state index contributed by atoms with van der Waals surface area (Å²) in [5, 5.41) is 12.5. The van der Waals surface area contributed by atoms with Crippen molar-refractivity contribution >= 4 is 23.6 Å². The first kappa shape index (κ1) is 12.0. The molecule has 1 saturated carbocycles. The second-order valence-corrected chi connectivity index (χ2v) is 5.08. The quantitative estimate of drug-likeness (QED) is 0.734. The van der Waals surface area contributed by atoms with Gasteiger partial charge in [-0.15, -0.1) is 0 Å². The fraction of sp³-hybridized carbons (Fsp3) is 0.583. The van der Waals surface area contributed by atoms with Crippen molar-refractivity contribution in [2.75, 3.05) is 22.5 Å². The number of carboxylic acids is 1. The predicted octanol–water partition coefficient (Wildman–Crippen LogP) is 0.686. The van der Waals surface area contributed by atoms with Crippen LogP contribution < -0.4 is 16.0 Å². The molecule has 0 amide bonds. The molecule has 19 heavy (non-hydrogen) atoms. The van der Waals surface area contributed by atoms with Gasteiger partial charge in [-0.3, -0.25) is 0 Å². The lowest BCUT2D eigenvalue weighted by Crippen LogP contribution is -2.36. The maximum Gasteiger partial charge on any atom is 0.326 e. The third-order valence-electron chi connectivity index (χ3n) is 3.49. The number of nitrogens with zero attached hydrogens (tertiary/aromatic N) is 3. The zero-order chi connectivity index (χ0) is 13.4. The zero-order valence-electron chi connectivity index (χ0n) is 10.5. The summed E-state index contributed by atoms with van der Waals surface area (Å²) >= 11 is 0. The van der Waals surface area contributed by atoms with E-state index in [0.29, 0.717) is 30.6 Å². The molecule has 0 bridgehead atoms. The highest BCUT2D eigenvalue weighted by atomic mass is 16.4. The van der Waals surface area contributed by atoms with Gasteiger partial charge in [0, 0.05) is 18.7 Å². The maximum atomic E-state index is 11.2. The molecule has 2 aliphatic rings. The van der Waals surface area contributed by atoms with Crippen LogP contribution >= 0.6 is 0 Å². The highest BCUT2D eigenvalue weighted by Gasteiger charge is 2.32. The van der Waals surface area contributed by atoms with Crippen molar-refractivity contribution in [2.24, 2.45) is 0 Å². The Labute approximate surface area is 110 Å². The number of carboxylic acid groups (broad SMARTS) is 1. The summed E-state index contributed by atoms with van der Waals surface area (Å²) in [5.41, 5.74) is 5.71. The summed E-state index contributed by atoms with van der Waals surface area (Å²) < 4.78 is 0. The summed E-state index contributed by atoms with van der Waals surface area (Å²) in [5.74, 6) is 0.643. The molecule has 0 spiro atoms. The van der Waals surface area contributed by atoms with Crippen molar-refractivity contribution in [1.82, 2.24) is 9.97 Å². The summed E-state index contributed by atoms with van der Waals surface area (Å²) in [4.78, 5) is 21.3. The molecule has 0 radical (unpaired) electrons. The molecule has 7 heteroatoms. The van der Waals surface area contributed by atoms with Crippen molar-refractivity contribution in [3.8, 4) is 0 Å². The van der Waals surface area contributed by atoms with Crippen LogP contribution in [-0.2, 0) is 4.79 Å². The van der Waals surface area contributed by atoms with Gasteiger partial charge in [0.2, 0.25) is 5.95 Å². The minimum absolute atomic E-state index is 0.177. The monoisotopic (exact) mass is 263 g/mol. The van der Waals surface area contributed by atoms with Crippen LogP contribution in [0.15, 0.2) is 6.07 Å². The van der Waals surface area contributed by atoms with Crippen molar-refractivity contribution in [1.29, 1.82) is 0 Å². The third kappa shape index (κ3) is 2.54. The van der Waals surface area contributed by atoms with E-state index in [-0.39, 0.29) is 5.95 Å². The Morgan fingerprint density at radius 1 is 1.42 bits per heavy atom. The van der Waals surface area contributed by atoms with Gasteiger partial charge in [0.05, 0.1) is 0 Å². The lowest BCUT2D eigenvalue weighted by atomic mass is 10.2. The van der Waals surface area contributed by atoms with Gasteiger partial charge in [0.1, 0.15) is 17.7 Å². The van der Waals surface area contributed by atoms with Crippen LogP contribution in [0.5, 0.6) is 0 Å². The van der Waals surface area contributed by atoms with Crippen LogP contribution in [-0.4, -0.2) is 39.7 Å². The highest BCUT2D eigenvalue weighted by Crippen LogP contribution is 2.29. The Hall–Kier alpha value is -2.05. The van der Waals surface area contributed by atoms with Gasteiger partial charge in [0.25, 0.3) is 0 Å². The summed E-state index contributed by atoms with van der Waals surface area (Å²) in [7, 11) is 0. The fourth-order valence-corrected chi connectivity index (χ4v) is 2.41. The van der Waals surface area contributed by atoms with Crippen LogP contribution in [0.25, 0.3) is 0 Å². The molecule has 102 valence electrons. The van der Waals surface area contributed by atoms with Crippen LogP contribution in [0, 0.1) is 0 Å². The molecular weight excluding hydrogens is 246 g/mol. The largest absolute Gasteiger partial charge is 0.480 e. The van der Waals surface area contributed by atoms with E-state index in [4.69, 9.17) is 5.73 Å². The maximum absolute atomic E-state index is 11.2. The average molecular weight is 263 g/mol. The Morgan fingerprint density at radius 3 is 2.89 bits per heavy atom. The van der Waals surface area contributed by atoms with E-state index in [0.717, 1.165) is 19.3 Å². The minimum atomic E-state index is -0.814. The van der Waals surface area contributed by atoms with Gasteiger partial charge in [-0.25, -0.2) is 4.79 Å². The number of hydrogen-bond donors (Lipinski definition) is 3. The van der Waals surface area contributed by atoms with Crippen LogP contribution in [0.1, 0.15) is 25.7 Å². The summed E-state index contributed by atoms with van der Waals surface area (Å²) in [6.07, 6.45) is 3.78. The van der Waals surface area contributed by atoms with E-state index in [1.807, 2.05) is 0 Å². The third-order valence-corrected chi connectivity index (χ3v) is 3.49. The molecule has 1 aromatic heterocycles. The number of aliphatic carboxylic acids is 1. The van der Waals surface area contributed by atoms with Crippen molar-refractivity contribution in [3.63, 3.8) is 0 Å². The van der Waals surface area contributed by atoms with Crippen molar-refractivity contribution in [2.45, 2.75) is 37.8 Å². The SMILES string of the molecule is Nc1nc(NC2CC2)cc(N2CCCC2C(=O)O)n1. The first-order chi connectivity index (χ1) is 9.13. The van der Waals surface area contributed by atoms with Crippen LogP contribution in [0.4, 0.5) is 17.6 Å². The Kier molecular flexibility index (Phi) is 2.88. The minimum Gasteiger partial charge on any atom is -0.480 e. The molecular formula is C12H17N5O2. The number of carbonyl (C=O) groups is 1. The number of nitrogen functional groups attached to an aromatic ring is 1. The van der Waals surface area contributed by atoms with E-state index >= 15 is 0 Å². The van der Waals surface area contributed by atoms with Crippen molar-refractivity contribution < 1.29 is 9.90 Å². The first-order valence-corrected chi connectivity index (χ1v) is 6.54. The zero-order valence-corrected chi connectivity index (χ0v) is 10.5. The molecule has 7 nitrogen and oxygen atoms in total. The number of aromatic nitrogens is 2. The van der Waals surface area contributed by atoms with Gasteiger partial charge in [-0.1, -0.05) is 0 Å².